The second kappa shape index (κ2) is 14.4. The zero-order chi connectivity index (χ0) is 29.5. The Hall–Kier alpha value is -2.37. The Bertz CT molecular complexity index is 1170. The summed E-state index contributed by atoms with van der Waals surface area (Å²) in [4.78, 5) is 21.3. The normalized spacial score (nSPS) is 22.6. The maximum Gasteiger partial charge on any atom is 0.227 e. The molecule has 0 N–H and O–H groups in total. The van der Waals surface area contributed by atoms with Gasteiger partial charge < -0.3 is 19.4 Å². The third-order valence-electron chi connectivity index (χ3n) is 10.3. The van der Waals surface area contributed by atoms with Crippen LogP contribution in [0.2, 0.25) is 0 Å². The predicted molar refractivity (Wildman–Crippen MR) is 173 cm³/mol. The molecular weight excluding hydrogens is 518 g/mol. The number of hydrogen-bond acceptors (Lipinski definition) is 4. The van der Waals surface area contributed by atoms with Gasteiger partial charge >= 0.3 is 0 Å². The molecular formula is C37H55N3O2. The molecule has 3 heterocycles. The molecule has 0 unspecified atom stereocenters. The summed E-state index contributed by atoms with van der Waals surface area (Å²) in [6.07, 6.45) is 11.7. The average Bonchev–Trinajstić information content (AvgIpc) is 3.46. The Morgan fingerprint density at radius 1 is 0.929 bits per heavy atom. The first-order valence-electron chi connectivity index (χ1n) is 17.0. The second-order valence-corrected chi connectivity index (χ2v) is 13.4. The first kappa shape index (κ1) is 31.1. The van der Waals surface area contributed by atoms with Crippen LogP contribution in [0.5, 0.6) is 5.75 Å². The lowest BCUT2D eigenvalue weighted by atomic mass is 9.75. The molecule has 0 aliphatic carbocycles. The van der Waals surface area contributed by atoms with Crippen molar-refractivity contribution in [3.63, 3.8) is 0 Å². The molecule has 0 radical (unpaired) electrons. The smallest absolute Gasteiger partial charge is 0.227 e. The van der Waals surface area contributed by atoms with Crippen LogP contribution in [0.25, 0.3) is 0 Å². The van der Waals surface area contributed by atoms with Crippen molar-refractivity contribution >= 4 is 5.91 Å². The highest BCUT2D eigenvalue weighted by atomic mass is 16.5. The number of rotatable bonds is 11. The zero-order valence-electron chi connectivity index (χ0n) is 26.9. The number of benzene rings is 2. The molecule has 1 atom stereocenters. The highest BCUT2D eigenvalue weighted by Crippen LogP contribution is 2.40. The van der Waals surface area contributed by atoms with Crippen molar-refractivity contribution < 1.29 is 9.53 Å². The van der Waals surface area contributed by atoms with Crippen LogP contribution in [0.15, 0.2) is 42.5 Å². The van der Waals surface area contributed by atoms with Gasteiger partial charge in [0.1, 0.15) is 5.75 Å². The first-order valence-corrected chi connectivity index (χ1v) is 17.0. The van der Waals surface area contributed by atoms with E-state index in [1.54, 1.807) is 0 Å². The van der Waals surface area contributed by atoms with Crippen molar-refractivity contribution in [1.82, 2.24) is 14.7 Å². The van der Waals surface area contributed by atoms with E-state index in [4.69, 9.17) is 4.74 Å². The lowest BCUT2D eigenvalue weighted by molar-refractivity contribution is -0.129. The van der Waals surface area contributed by atoms with Gasteiger partial charge in [0.15, 0.2) is 0 Å². The summed E-state index contributed by atoms with van der Waals surface area (Å²) in [5.74, 6) is 1.08. The molecule has 0 spiro atoms. The van der Waals surface area contributed by atoms with Gasteiger partial charge in [0.2, 0.25) is 5.91 Å². The summed E-state index contributed by atoms with van der Waals surface area (Å²) in [5, 5.41) is 0. The predicted octanol–water partition coefficient (Wildman–Crippen LogP) is 6.65. The molecule has 0 aromatic heterocycles. The van der Waals surface area contributed by atoms with E-state index in [1.165, 1.54) is 75.0 Å². The van der Waals surface area contributed by atoms with E-state index in [9.17, 15) is 4.79 Å². The molecule has 3 aliphatic heterocycles. The SMILES string of the molecule is CCc1ccc([C@]2(CCN3CCC(N4CCCCC4)CC3)CCN(C(=O)Cc3cccc(OC(C)C)c3)C2)cc1CC. The number of nitrogens with zero attached hydrogens (tertiary/aromatic N) is 3. The number of aryl methyl sites for hydroxylation is 2. The largest absolute Gasteiger partial charge is 0.491 e. The fraction of sp³-hybridized carbons (Fsp3) is 0.649. The molecule has 1 amide bonds. The van der Waals surface area contributed by atoms with Crippen LogP contribution < -0.4 is 4.74 Å². The highest BCUT2D eigenvalue weighted by Gasteiger charge is 2.42. The zero-order valence-corrected chi connectivity index (χ0v) is 26.9. The fourth-order valence-corrected chi connectivity index (χ4v) is 7.75. The van der Waals surface area contributed by atoms with Gasteiger partial charge in [-0.05, 0) is 132 Å². The minimum Gasteiger partial charge on any atom is -0.491 e. The third-order valence-corrected chi connectivity index (χ3v) is 10.3. The Labute approximate surface area is 255 Å². The molecule has 5 nitrogen and oxygen atoms in total. The first-order chi connectivity index (χ1) is 20.4. The van der Waals surface area contributed by atoms with Crippen molar-refractivity contribution in [3.8, 4) is 5.75 Å². The lowest BCUT2D eigenvalue weighted by Gasteiger charge is -2.41. The Kier molecular flexibility index (Phi) is 10.7. The van der Waals surface area contributed by atoms with E-state index in [-0.39, 0.29) is 17.4 Å². The van der Waals surface area contributed by atoms with E-state index in [0.29, 0.717) is 6.42 Å². The van der Waals surface area contributed by atoms with Crippen molar-refractivity contribution in [2.45, 2.75) is 109 Å². The van der Waals surface area contributed by atoms with E-state index >= 15 is 0 Å². The van der Waals surface area contributed by atoms with Crippen LogP contribution in [0.1, 0.15) is 94.9 Å². The van der Waals surface area contributed by atoms with E-state index in [2.05, 4.69) is 52.8 Å². The Balaban J connectivity index is 1.27. The second-order valence-electron chi connectivity index (χ2n) is 13.4. The van der Waals surface area contributed by atoms with Gasteiger partial charge in [0.05, 0.1) is 12.5 Å². The van der Waals surface area contributed by atoms with E-state index in [1.807, 2.05) is 32.0 Å². The maximum absolute atomic E-state index is 13.7. The molecule has 2 aromatic carbocycles. The van der Waals surface area contributed by atoms with Crippen LogP contribution in [0.3, 0.4) is 0 Å². The van der Waals surface area contributed by atoms with Crippen LogP contribution in [0.4, 0.5) is 0 Å². The summed E-state index contributed by atoms with van der Waals surface area (Å²) in [7, 11) is 0. The lowest BCUT2D eigenvalue weighted by Crippen LogP contribution is -2.47. The monoisotopic (exact) mass is 573 g/mol. The van der Waals surface area contributed by atoms with Gasteiger partial charge in [-0.2, -0.15) is 0 Å². The van der Waals surface area contributed by atoms with E-state index < -0.39 is 0 Å². The van der Waals surface area contributed by atoms with Crippen LogP contribution >= 0.6 is 0 Å². The molecule has 3 aliphatic rings. The molecule has 3 fully saturated rings. The Morgan fingerprint density at radius 3 is 2.40 bits per heavy atom. The summed E-state index contributed by atoms with van der Waals surface area (Å²) < 4.78 is 5.89. The number of hydrogen-bond donors (Lipinski definition) is 0. The fourth-order valence-electron chi connectivity index (χ4n) is 7.75. The van der Waals surface area contributed by atoms with Gasteiger partial charge in [0.25, 0.3) is 0 Å². The number of carbonyl (C=O) groups is 1. The molecule has 3 saturated heterocycles. The van der Waals surface area contributed by atoms with Gasteiger partial charge in [0, 0.05) is 24.5 Å². The number of piperidine rings is 2. The van der Waals surface area contributed by atoms with Crippen molar-refractivity contribution in [2.75, 3.05) is 45.8 Å². The average molecular weight is 574 g/mol. The molecule has 5 rings (SSSR count). The number of likely N-dealkylation sites (tertiary alicyclic amines) is 3. The topological polar surface area (TPSA) is 36.0 Å². The van der Waals surface area contributed by atoms with Crippen LogP contribution in [0, 0.1) is 0 Å². The summed E-state index contributed by atoms with van der Waals surface area (Å²) in [6.45, 7) is 16.4. The minimum atomic E-state index is 0.0260. The third kappa shape index (κ3) is 7.58. The highest BCUT2D eigenvalue weighted by molar-refractivity contribution is 5.79. The Morgan fingerprint density at radius 2 is 1.69 bits per heavy atom. The van der Waals surface area contributed by atoms with E-state index in [0.717, 1.165) is 62.7 Å². The van der Waals surface area contributed by atoms with Gasteiger partial charge in [-0.25, -0.2) is 0 Å². The quantitative estimate of drug-likeness (QED) is 0.302. The summed E-state index contributed by atoms with van der Waals surface area (Å²) in [6, 6.07) is 16.1. The molecule has 2 aromatic rings. The molecule has 230 valence electrons. The molecule has 42 heavy (non-hydrogen) atoms. The maximum atomic E-state index is 13.7. The summed E-state index contributed by atoms with van der Waals surface area (Å²) in [5.41, 5.74) is 5.45. The minimum absolute atomic E-state index is 0.0260. The molecule has 5 heteroatoms. The number of carbonyl (C=O) groups excluding carboxylic acids is 1. The van der Waals surface area contributed by atoms with Gasteiger partial charge in [-0.15, -0.1) is 0 Å². The molecule has 0 saturated carbocycles. The number of ether oxygens (including phenoxy) is 1. The van der Waals surface area contributed by atoms with Crippen LogP contribution in [-0.2, 0) is 29.5 Å². The van der Waals surface area contributed by atoms with Crippen LogP contribution in [-0.4, -0.2) is 78.6 Å². The van der Waals surface area contributed by atoms with Crippen molar-refractivity contribution in [1.29, 1.82) is 0 Å². The standard InChI is InChI=1S/C37H55N3O2/c1-5-31-13-14-33(27-32(31)6-2)37(17-23-38-21-15-34(16-22-38)39-19-8-7-9-20-39)18-24-40(28-37)36(41)26-30-11-10-12-35(25-30)42-29(3)4/h10-14,25,27,29,34H,5-9,15-24,26,28H2,1-4H3/t37-/m1/s1. The molecule has 0 bridgehead atoms. The van der Waals surface area contributed by atoms with Gasteiger partial charge in [-0.3, -0.25) is 4.79 Å². The van der Waals surface area contributed by atoms with Gasteiger partial charge in [-0.1, -0.05) is 50.6 Å². The van der Waals surface area contributed by atoms with Crippen molar-refractivity contribution in [3.05, 3.63) is 64.7 Å². The summed E-state index contributed by atoms with van der Waals surface area (Å²) >= 11 is 0. The van der Waals surface area contributed by atoms with Crippen molar-refractivity contribution in [2.24, 2.45) is 0 Å². The number of amides is 1.